The number of esters is 1. The fraction of sp³-hybridized carbons (Fsp3) is 0.185. The zero-order valence-corrected chi connectivity index (χ0v) is 21.2. The number of thiophene rings is 1. The third-order valence-corrected chi connectivity index (χ3v) is 7.64. The summed E-state index contributed by atoms with van der Waals surface area (Å²) in [6.07, 6.45) is 3.57. The number of nitrogens with one attached hydrogen (secondary N) is 1. The highest BCUT2D eigenvalue weighted by molar-refractivity contribution is 8.16. The van der Waals surface area contributed by atoms with Crippen LogP contribution in [0.1, 0.15) is 35.4 Å². The number of aromatic nitrogens is 1. The second-order valence-electron chi connectivity index (χ2n) is 8.28. The molecule has 0 saturated heterocycles. The molecule has 0 bridgehead atoms. The topological polar surface area (TPSA) is 83.9 Å². The van der Waals surface area contributed by atoms with Gasteiger partial charge in [-0.3, -0.25) is 9.78 Å². The van der Waals surface area contributed by atoms with Crippen molar-refractivity contribution < 1.29 is 14.3 Å². The number of hydrogen-bond donors (Lipinski definition) is 1. The maximum Gasteiger partial charge on any atom is 0.338 e. The molecule has 0 radical (unpaired) electrons. The van der Waals surface area contributed by atoms with Crippen LogP contribution in [-0.2, 0) is 27.5 Å². The van der Waals surface area contributed by atoms with Gasteiger partial charge in [0.05, 0.1) is 17.7 Å². The van der Waals surface area contributed by atoms with Crippen molar-refractivity contribution in [2.24, 2.45) is 4.99 Å². The SMILES string of the molecule is CC1=C(C(=O)OCc2ccccc2)C(c2cccs2)N2C(CC(=O)NCc3ccncc3)=CSC2=N1. The van der Waals surface area contributed by atoms with Crippen LogP contribution in [0.4, 0.5) is 0 Å². The van der Waals surface area contributed by atoms with E-state index in [4.69, 9.17) is 9.73 Å². The number of ether oxygens (including phenoxy) is 1. The Labute approximate surface area is 217 Å². The van der Waals surface area contributed by atoms with Crippen LogP contribution in [0.3, 0.4) is 0 Å². The molecule has 3 aromatic rings. The molecule has 182 valence electrons. The Morgan fingerprint density at radius 3 is 2.61 bits per heavy atom. The summed E-state index contributed by atoms with van der Waals surface area (Å²) in [6.45, 7) is 2.44. The molecule has 1 amide bonds. The van der Waals surface area contributed by atoms with Gasteiger partial charge in [0.2, 0.25) is 5.91 Å². The number of benzene rings is 1. The molecule has 7 nitrogen and oxygen atoms in total. The van der Waals surface area contributed by atoms with Crippen LogP contribution in [0, 0.1) is 0 Å². The summed E-state index contributed by atoms with van der Waals surface area (Å²) in [4.78, 5) is 37.9. The van der Waals surface area contributed by atoms with Crippen LogP contribution in [0.2, 0.25) is 0 Å². The molecule has 1 unspecified atom stereocenters. The molecule has 0 saturated carbocycles. The first kappa shape index (κ1) is 24.0. The number of nitrogens with zero attached hydrogens (tertiary/aromatic N) is 3. The molecule has 1 atom stereocenters. The minimum Gasteiger partial charge on any atom is -0.457 e. The van der Waals surface area contributed by atoms with Crippen LogP contribution in [0.25, 0.3) is 0 Å². The average Bonchev–Trinajstić information content (AvgIpc) is 3.57. The summed E-state index contributed by atoms with van der Waals surface area (Å²) < 4.78 is 5.72. The van der Waals surface area contributed by atoms with Gasteiger partial charge in [-0.2, -0.15) is 0 Å². The van der Waals surface area contributed by atoms with Gasteiger partial charge in [-0.25, -0.2) is 9.79 Å². The lowest BCUT2D eigenvalue weighted by Crippen LogP contribution is -2.37. The molecule has 0 spiro atoms. The van der Waals surface area contributed by atoms with E-state index in [1.807, 2.05) is 77.2 Å². The Balaban J connectivity index is 1.35. The van der Waals surface area contributed by atoms with Crippen molar-refractivity contribution in [3.63, 3.8) is 0 Å². The Morgan fingerprint density at radius 1 is 1.06 bits per heavy atom. The summed E-state index contributed by atoms with van der Waals surface area (Å²) in [6, 6.07) is 16.9. The van der Waals surface area contributed by atoms with Gasteiger partial charge in [0, 0.05) is 29.5 Å². The number of aliphatic imine (C=N–C) groups is 1. The Bertz CT molecular complexity index is 1340. The highest BCUT2D eigenvalue weighted by atomic mass is 32.2. The number of fused-ring (bicyclic) bond motifs is 1. The lowest BCUT2D eigenvalue weighted by atomic mass is 9.99. The highest BCUT2D eigenvalue weighted by Gasteiger charge is 2.41. The number of carbonyl (C=O) groups is 2. The predicted molar refractivity (Wildman–Crippen MR) is 142 cm³/mol. The first-order valence-electron chi connectivity index (χ1n) is 11.4. The predicted octanol–water partition coefficient (Wildman–Crippen LogP) is 5.17. The van der Waals surface area contributed by atoms with Crippen molar-refractivity contribution in [1.82, 2.24) is 15.2 Å². The Morgan fingerprint density at radius 2 is 1.86 bits per heavy atom. The van der Waals surface area contributed by atoms with Crippen LogP contribution in [0.5, 0.6) is 0 Å². The molecular formula is C27H24N4O3S2. The van der Waals surface area contributed by atoms with Gasteiger partial charge in [-0.15, -0.1) is 11.3 Å². The van der Waals surface area contributed by atoms with E-state index in [0.717, 1.165) is 26.9 Å². The van der Waals surface area contributed by atoms with Gasteiger partial charge in [0.1, 0.15) is 12.6 Å². The minimum atomic E-state index is -0.407. The number of amides is 1. The number of pyridine rings is 1. The zero-order chi connectivity index (χ0) is 24.9. The first-order chi connectivity index (χ1) is 17.6. The maximum atomic E-state index is 13.4. The number of allylic oxidation sites excluding steroid dienone is 1. The van der Waals surface area contributed by atoms with E-state index < -0.39 is 12.0 Å². The van der Waals surface area contributed by atoms with Crippen molar-refractivity contribution in [1.29, 1.82) is 0 Å². The molecule has 1 aromatic carbocycles. The standard InChI is InChI=1S/C27H24N4O3S2/c1-18-24(26(33)34-16-20-6-3-2-4-7-20)25(22-8-5-13-35-22)31-21(17-36-27(31)30-18)14-23(32)29-15-19-9-11-28-12-10-19/h2-13,17,25H,14-16H2,1H3,(H,29,32). The zero-order valence-electron chi connectivity index (χ0n) is 19.6. The maximum absolute atomic E-state index is 13.4. The first-order valence-corrected chi connectivity index (χ1v) is 13.2. The van der Waals surface area contributed by atoms with Crippen LogP contribution in [0.15, 0.2) is 99.7 Å². The fourth-order valence-corrected chi connectivity index (χ4v) is 5.86. The second-order valence-corrected chi connectivity index (χ2v) is 10.1. The number of carbonyl (C=O) groups excluding carboxylic acids is 2. The highest BCUT2D eigenvalue weighted by Crippen LogP contribution is 2.45. The number of thioether (sulfide) groups is 1. The summed E-state index contributed by atoms with van der Waals surface area (Å²) >= 11 is 3.03. The molecule has 1 N–H and O–H groups in total. The normalized spacial score (nSPS) is 16.8. The van der Waals surface area contributed by atoms with E-state index in [0.29, 0.717) is 17.8 Å². The summed E-state index contributed by atoms with van der Waals surface area (Å²) in [5.74, 6) is -0.514. The third kappa shape index (κ3) is 5.27. The van der Waals surface area contributed by atoms with Gasteiger partial charge < -0.3 is 15.0 Å². The summed E-state index contributed by atoms with van der Waals surface area (Å²) in [5, 5.41) is 7.64. The summed E-state index contributed by atoms with van der Waals surface area (Å²) in [7, 11) is 0. The van der Waals surface area contributed by atoms with E-state index in [1.165, 1.54) is 11.8 Å². The molecule has 2 aliphatic rings. The van der Waals surface area contributed by atoms with Crippen molar-refractivity contribution in [2.75, 3.05) is 0 Å². The summed E-state index contributed by atoms with van der Waals surface area (Å²) in [5.41, 5.74) is 3.81. The van der Waals surface area contributed by atoms with Crippen LogP contribution >= 0.6 is 23.1 Å². The monoisotopic (exact) mass is 516 g/mol. The van der Waals surface area contributed by atoms with E-state index in [-0.39, 0.29) is 18.9 Å². The van der Waals surface area contributed by atoms with E-state index in [1.54, 1.807) is 23.7 Å². The molecule has 4 heterocycles. The number of rotatable bonds is 8. The average molecular weight is 517 g/mol. The molecule has 9 heteroatoms. The fourth-order valence-electron chi connectivity index (χ4n) is 4.08. The Hall–Kier alpha value is -3.69. The van der Waals surface area contributed by atoms with Crippen LogP contribution in [-0.4, -0.2) is 26.9 Å². The minimum absolute atomic E-state index is 0.107. The lowest BCUT2D eigenvalue weighted by Gasteiger charge is -2.35. The molecule has 5 rings (SSSR count). The molecule has 2 aromatic heterocycles. The molecule has 0 fully saturated rings. The van der Waals surface area contributed by atoms with E-state index >= 15 is 0 Å². The lowest BCUT2D eigenvalue weighted by molar-refractivity contribution is -0.141. The number of hydrogen-bond acceptors (Lipinski definition) is 8. The van der Waals surface area contributed by atoms with Gasteiger partial charge in [-0.1, -0.05) is 48.2 Å². The second kappa shape index (κ2) is 10.9. The van der Waals surface area contributed by atoms with Crippen molar-refractivity contribution in [2.45, 2.75) is 32.5 Å². The third-order valence-electron chi connectivity index (χ3n) is 5.83. The van der Waals surface area contributed by atoms with Crippen molar-refractivity contribution in [3.8, 4) is 0 Å². The van der Waals surface area contributed by atoms with E-state index in [2.05, 4.69) is 10.3 Å². The van der Waals surface area contributed by atoms with Gasteiger partial charge >= 0.3 is 5.97 Å². The molecule has 0 aliphatic carbocycles. The van der Waals surface area contributed by atoms with Gasteiger partial charge in [0.25, 0.3) is 0 Å². The van der Waals surface area contributed by atoms with Gasteiger partial charge in [-0.05, 0) is 47.0 Å². The quantitative estimate of drug-likeness (QED) is 0.416. The van der Waals surface area contributed by atoms with Crippen molar-refractivity contribution in [3.05, 3.63) is 111 Å². The molecule has 36 heavy (non-hydrogen) atoms. The number of amidine groups is 1. The Kier molecular flexibility index (Phi) is 7.29. The molecule has 2 aliphatic heterocycles. The van der Waals surface area contributed by atoms with Gasteiger partial charge in [0.15, 0.2) is 5.17 Å². The largest absolute Gasteiger partial charge is 0.457 e. The van der Waals surface area contributed by atoms with Crippen LogP contribution < -0.4 is 5.32 Å². The van der Waals surface area contributed by atoms with Crippen molar-refractivity contribution >= 4 is 40.1 Å². The smallest absolute Gasteiger partial charge is 0.338 e. The molecular weight excluding hydrogens is 492 g/mol. The van der Waals surface area contributed by atoms with E-state index in [9.17, 15) is 9.59 Å².